The fraction of sp³-hybridized carbons (Fsp3) is 0.417. The van der Waals surface area contributed by atoms with Crippen molar-refractivity contribution in [2.24, 2.45) is 0 Å². The number of nitrogens with zero attached hydrogens (tertiary/aromatic N) is 4. The monoisotopic (exact) mass is 497 g/mol. The van der Waals surface area contributed by atoms with Crippen LogP contribution < -0.4 is 10.6 Å². The van der Waals surface area contributed by atoms with Crippen LogP contribution in [0.15, 0.2) is 24.5 Å². The molecule has 3 aromatic heterocycles. The summed E-state index contributed by atoms with van der Waals surface area (Å²) in [6, 6.07) is 4.80. The van der Waals surface area contributed by atoms with Gasteiger partial charge in [0.2, 0.25) is 0 Å². The van der Waals surface area contributed by atoms with E-state index in [9.17, 15) is 14.4 Å². The van der Waals surface area contributed by atoms with E-state index >= 15 is 0 Å². The predicted octanol–water partition coefficient (Wildman–Crippen LogP) is 4.05. The number of aromatic amines is 1. The van der Waals surface area contributed by atoms with Crippen molar-refractivity contribution >= 4 is 34.5 Å². The summed E-state index contributed by atoms with van der Waals surface area (Å²) in [4.78, 5) is 26.1. The van der Waals surface area contributed by atoms with Gasteiger partial charge in [0.1, 0.15) is 11.7 Å². The number of halogens is 2. The molecule has 2 aliphatic rings. The zero-order chi connectivity index (χ0) is 24.4. The van der Waals surface area contributed by atoms with Gasteiger partial charge in [-0.25, -0.2) is 19.2 Å². The zero-order valence-electron chi connectivity index (χ0n) is 19.0. The Balaban J connectivity index is 1.35. The molecular formula is C24H25ClFN7O2. The van der Waals surface area contributed by atoms with Crippen molar-refractivity contribution in [1.82, 2.24) is 25.2 Å². The van der Waals surface area contributed by atoms with Crippen LogP contribution >= 0.6 is 11.6 Å². The minimum atomic E-state index is -0.597. The van der Waals surface area contributed by atoms with Gasteiger partial charge in [-0.3, -0.25) is 0 Å². The number of pyridine rings is 2. The van der Waals surface area contributed by atoms with Crippen LogP contribution in [0, 0.1) is 17.1 Å². The Bertz CT molecular complexity index is 1280. The van der Waals surface area contributed by atoms with Crippen LogP contribution in [0.25, 0.3) is 22.3 Å². The molecule has 1 aliphatic carbocycles. The van der Waals surface area contributed by atoms with Crippen molar-refractivity contribution in [2.75, 3.05) is 31.6 Å². The number of ether oxygens (including phenoxy) is 1. The van der Waals surface area contributed by atoms with E-state index in [0.717, 1.165) is 19.3 Å². The molecule has 1 saturated heterocycles. The van der Waals surface area contributed by atoms with E-state index in [4.69, 9.17) is 16.3 Å². The Kier molecular flexibility index (Phi) is 6.70. The number of carbonyl (C=O) groups is 1. The first-order chi connectivity index (χ1) is 17.0. The minimum Gasteiger partial charge on any atom is -0.378 e. The molecule has 0 spiro atoms. The number of hydrogen-bond donors (Lipinski definition) is 3. The molecule has 1 aliphatic heterocycles. The molecule has 0 aromatic carbocycles. The highest BCUT2D eigenvalue weighted by atomic mass is 35.5. The number of H-pyrrole nitrogens is 1. The molecule has 3 aromatic rings. The smallest absolute Gasteiger partial charge is 0.317 e. The number of amides is 2. The Morgan fingerprint density at radius 2 is 2.09 bits per heavy atom. The van der Waals surface area contributed by atoms with Crippen LogP contribution in [0.2, 0.25) is 5.02 Å². The van der Waals surface area contributed by atoms with Gasteiger partial charge in [0.05, 0.1) is 29.5 Å². The molecule has 2 amide bonds. The summed E-state index contributed by atoms with van der Waals surface area (Å²) in [7, 11) is 0. The summed E-state index contributed by atoms with van der Waals surface area (Å²) in [6.45, 7) is 2.26. The Hall–Kier alpha value is -3.42. The quantitative estimate of drug-likeness (QED) is 0.500. The lowest BCUT2D eigenvalue weighted by Crippen LogP contribution is -2.51. The van der Waals surface area contributed by atoms with Crippen molar-refractivity contribution in [2.45, 2.75) is 37.8 Å². The van der Waals surface area contributed by atoms with E-state index in [1.165, 1.54) is 12.3 Å². The second-order valence-electron chi connectivity index (χ2n) is 8.83. The standard InChI is InChI=1S/C24H25ClFN7O2/c25-15-9-18-19(13-29-22(18)28-12-15)21-14(11-27)8-20(26)23(32-21)30-16-2-1-3-17(10-16)31-24(34)33-4-6-35-7-5-33/h8-9,12-13,16-17H,1-7,10H2,(H,28,29)(H,30,32)(H,31,34)/t16-,17+/m0/s1. The molecule has 2 atom stereocenters. The van der Waals surface area contributed by atoms with Gasteiger partial charge in [0.25, 0.3) is 0 Å². The molecule has 4 heterocycles. The van der Waals surface area contributed by atoms with Gasteiger partial charge in [-0.05, 0) is 37.8 Å². The SMILES string of the molecule is N#Cc1cc(F)c(N[C@H]2CCC[C@@H](NC(=O)N3CCOCC3)C2)nc1-c1c[nH]c2ncc(Cl)cc12. The van der Waals surface area contributed by atoms with Crippen LogP contribution in [0.3, 0.4) is 0 Å². The van der Waals surface area contributed by atoms with Gasteiger partial charge in [-0.1, -0.05) is 11.6 Å². The number of aromatic nitrogens is 3. The third kappa shape index (κ3) is 5.01. The maximum Gasteiger partial charge on any atom is 0.317 e. The molecule has 3 N–H and O–H groups in total. The third-order valence-electron chi connectivity index (χ3n) is 6.49. The molecule has 2 fully saturated rings. The lowest BCUT2D eigenvalue weighted by atomic mass is 9.91. The van der Waals surface area contributed by atoms with Crippen LogP contribution in [0.5, 0.6) is 0 Å². The van der Waals surface area contributed by atoms with Crippen molar-refractivity contribution in [3.63, 3.8) is 0 Å². The summed E-state index contributed by atoms with van der Waals surface area (Å²) in [5.41, 5.74) is 1.68. The van der Waals surface area contributed by atoms with Gasteiger partial charge in [-0.2, -0.15) is 5.26 Å². The van der Waals surface area contributed by atoms with E-state index in [1.54, 1.807) is 17.2 Å². The first kappa shape index (κ1) is 23.3. The molecule has 9 nitrogen and oxygen atoms in total. The number of hydrogen-bond acceptors (Lipinski definition) is 6. The summed E-state index contributed by atoms with van der Waals surface area (Å²) in [5.74, 6) is -0.519. The molecular weight excluding hydrogens is 473 g/mol. The highest BCUT2D eigenvalue weighted by molar-refractivity contribution is 6.31. The van der Waals surface area contributed by atoms with Crippen molar-refractivity contribution in [3.05, 3.63) is 40.9 Å². The summed E-state index contributed by atoms with van der Waals surface area (Å²) < 4.78 is 20.2. The van der Waals surface area contributed by atoms with Crippen molar-refractivity contribution in [1.29, 1.82) is 5.26 Å². The number of nitriles is 1. The maximum absolute atomic E-state index is 14.9. The highest BCUT2D eigenvalue weighted by Crippen LogP contribution is 2.33. The van der Waals surface area contributed by atoms with Gasteiger partial charge in [0, 0.05) is 48.5 Å². The largest absolute Gasteiger partial charge is 0.378 e. The molecule has 182 valence electrons. The molecule has 0 bridgehead atoms. The molecule has 35 heavy (non-hydrogen) atoms. The molecule has 0 radical (unpaired) electrons. The van der Waals surface area contributed by atoms with Gasteiger partial charge in [-0.15, -0.1) is 0 Å². The van der Waals surface area contributed by atoms with Crippen LogP contribution in [-0.4, -0.2) is 64.3 Å². The second-order valence-corrected chi connectivity index (χ2v) is 9.27. The zero-order valence-corrected chi connectivity index (χ0v) is 19.7. The van der Waals surface area contributed by atoms with E-state index in [1.807, 2.05) is 6.07 Å². The number of urea groups is 1. The number of fused-ring (bicyclic) bond motifs is 1. The van der Waals surface area contributed by atoms with Crippen LogP contribution in [0.4, 0.5) is 15.0 Å². The van der Waals surface area contributed by atoms with Gasteiger partial charge >= 0.3 is 6.03 Å². The van der Waals surface area contributed by atoms with Crippen molar-refractivity contribution in [3.8, 4) is 17.3 Å². The van der Waals surface area contributed by atoms with Gasteiger partial charge in [0.15, 0.2) is 11.6 Å². The minimum absolute atomic E-state index is 0.0145. The van der Waals surface area contributed by atoms with E-state index < -0.39 is 5.82 Å². The van der Waals surface area contributed by atoms with E-state index in [0.29, 0.717) is 60.0 Å². The topological polar surface area (TPSA) is 119 Å². The number of nitrogens with one attached hydrogen (secondary N) is 3. The average molecular weight is 498 g/mol. The normalized spacial score (nSPS) is 20.4. The average Bonchev–Trinajstić information content (AvgIpc) is 3.28. The number of morpholine rings is 1. The lowest BCUT2D eigenvalue weighted by Gasteiger charge is -2.33. The van der Waals surface area contributed by atoms with Gasteiger partial charge < -0.3 is 25.3 Å². The molecule has 5 rings (SSSR count). The molecule has 0 unspecified atom stereocenters. The highest BCUT2D eigenvalue weighted by Gasteiger charge is 2.27. The Morgan fingerprint density at radius 1 is 1.29 bits per heavy atom. The number of rotatable bonds is 4. The third-order valence-corrected chi connectivity index (χ3v) is 6.70. The number of anilines is 1. The Labute approximate surface area is 206 Å². The number of carbonyl (C=O) groups excluding carboxylic acids is 1. The molecule has 1 saturated carbocycles. The first-order valence-electron chi connectivity index (χ1n) is 11.6. The van der Waals surface area contributed by atoms with Crippen LogP contribution in [0.1, 0.15) is 31.2 Å². The van der Waals surface area contributed by atoms with Crippen molar-refractivity contribution < 1.29 is 13.9 Å². The summed E-state index contributed by atoms with van der Waals surface area (Å²) >= 11 is 6.12. The summed E-state index contributed by atoms with van der Waals surface area (Å²) in [6.07, 6.45) is 6.45. The molecule has 11 heteroatoms. The fourth-order valence-corrected chi connectivity index (χ4v) is 4.89. The predicted molar refractivity (Wildman–Crippen MR) is 130 cm³/mol. The van der Waals surface area contributed by atoms with Crippen LogP contribution in [-0.2, 0) is 4.74 Å². The first-order valence-corrected chi connectivity index (χ1v) is 12.0. The fourth-order valence-electron chi connectivity index (χ4n) is 4.73. The maximum atomic E-state index is 14.9. The van der Waals surface area contributed by atoms with E-state index in [-0.39, 0.29) is 29.5 Å². The lowest BCUT2D eigenvalue weighted by molar-refractivity contribution is 0.0521. The van der Waals surface area contributed by atoms with E-state index in [2.05, 4.69) is 25.6 Å². The second kappa shape index (κ2) is 10.1. The Morgan fingerprint density at radius 3 is 2.89 bits per heavy atom. The summed E-state index contributed by atoms with van der Waals surface area (Å²) in [5, 5.41) is 17.1.